The number of rotatable bonds is 7. The summed E-state index contributed by atoms with van der Waals surface area (Å²) in [6, 6.07) is 7.52. The molecule has 1 rings (SSSR count). The van der Waals surface area contributed by atoms with Crippen LogP contribution in [0.3, 0.4) is 0 Å². The van der Waals surface area contributed by atoms with Crippen molar-refractivity contribution in [3.05, 3.63) is 34.3 Å². The Bertz CT molecular complexity index is 336. The van der Waals surface area contributed by atoms with Crippen molar-refractivity contribution in [2.24, 2.45) is 0 Å². The Kier molecular flexibility index (Phi) is 6.34. The Labute approximate surface area is 105 Å². The molecule has 0 heterocycles. The molecule has 1 aromatic carbocycles. The summed E-state index contributed by atoms with van der Waals surface area (Å²) in [5.74, 6) is 0.191. The van der Waals surface area contributed by atoms with Crippen LogP contribution in [0.2, 0.25) is 0 Å². The van der Waals surface area contributed by atoms with Crippen LogP contribution in [0.1, 0.15) is 42.5 Å². The van der Waals surface area contributed by atoms with Gasteiger partial charge < -0.3 is 5.11 Å². The number of unbranched alkanes of at least 4 members (excludes halogenated alkanes) is 3. The summed E-state index contributed by atoms with van der Waals surface area (Å²) in [7, 11) is 0. The zero-order valence-corrected chi connectivity index (χ0v) is 10.9. The molecule has 88 valence electrons. The first-order valence-corrected chi connectivity index (χ1v) is 6.43. The van der Waals surface area contributed by atoms with Crippen LogP contribution in [-0.2, 0) is 0 Å². The third kappa shape index (κ3) is 4.45. The van der Waals surface area contributed by atoms with E-state index in [1.165, 1.54) is 0 Å². The number of ketones is 1. The van der Waals surface area contributed by atoms with Gasteiger partial charge in [0.25, 0.3) is 0 Å². The lowest BCUT2D eigenvalue weighted by Crippen LogP contribution is -1.99. The minimum Gasteiger partial charge on any atom is -0.396 e. The summed E-state index contributed by atoms with van der Waals surface area (Å²) in [5, 5.41) is 8.62. The average Bonchev–Trinajstić information content (AvgIpc) is 2.29. The molecule has 0 aromatic heterocycles. The Balaban J connectivity index is 2.33. The van der Waals surface area contributed by atoms with Gasteiger partial charge in [-0.3, -0.25) is 4.79 Å². The van der Waals surface area contributed by atoms with Gasteiger partial charge in [-0.05, 0) is 18.9 Å². The SMILES string of the molecule is O=C(CCCCCCO)c1ccccc1Br. The lowest BCUT2D eigenvalue weighted by Gasteiger charge is -2.03. The van der Waals surface area contributed by atoms with Crippen LogP contribution in [0.4, 0.5) is 0 Å². The highest BCUT2D eigenvalue weighted by molar-refractivity contribution is 9.10. The maximum Gasteiger partial charge on any atom is 0.164 e. The van der Waals surface area contributed by atoms with E-state index in [0.29, 0.717) is 6.42 Å². The summed E-state index contributed by atoms with van der Waals surface area (Å²) >= 11 is 3.38. The van der Waals surface area contributed by atoms with Gasteiger partial charge in [-0.15, -0.1) is 0 Å². The van der Waals surface area contributed by atoms with E-state index in [4.69, 9.17) is 5.11 Å². The lowest BCUT2D eigenvalue weighted by atomic mass is 10.0. The Morgan fingerprint density at radius 1 is 1.12 bits per heavy atom. The van der Waals surface area contributed by atoms with E-state index in [-0.39, 0.29) is 12.4 Å². The molecule has 0 aliphatic rings. The highest BCUT2D eigenvalue weighted by atomic mass is 79.9. The molecule has 0 amide bonds. The summed E-state index contributed by atoms with van der Waals surface area (Å²) in [6.45, 7) is 0.248. The largest absolute Gasteiger partial charge is 0.396 e. The fraction of sp³-hybridized carbons (Fsp3) is 0.462. The van der Waals surface area contributed by atoms with Crippen LogP contribution in [0.25, 0.3) is 0 Å². The first kappa shape index (κ1) is 13.4. The molecule has 16 heavy (non-hydrogen) atoms. The van der Waals surface area contributed by atoms with Crippen molar-refractivity contribution < 1.29 is 9.90 Å². The number of Topliss-reactive ketones (excluding diaryl/α,β-unsaturated/α-hetero) is 1. The van der Waals surface area contributed by atoms with Gasteiger partial charge in [-0.2, -0.15) is 0 Å². The lowest BCUT2D eigenvalue weighted by molar-refractivity contribution is 0.0978. The van der Waals surface area contributed by atoms with Crippen molar-refractivity contribution >= 4 is 21.7 Å². The van der Waals surface area contributed by atoms with Gasteiger partial charge in [-0.1, -0.05) is 47.0 Å². The molecule has 3 heteroatoms. The minimum absolute atomic E-state index is 0.191. The third-order valence-electron chi connectivity index (χ3n) is 2.49. The monoisotopic (exact) mass is 284 g/mol. The first-order chi connectivity index (χ1) is 7.75. The van der Waals surface area contributed by atoms with E-state index in [9.17, 15) is 4.79 Å². The number of halogens is 1. The topological polar surface area (TPSA) is 37.3 Å². The van der Waals surface area contributed by atoms with Crippen LogP contribution >= 0.6 is 15.9 Å². The molecule has 0 fully saturated rings. The smallest absolute Gasteiger partial charge is 0.164 e. The van der Waals surface area contributed by atoms with Crippen molar-refractivity contribution in [2.45, 2.75) is 32.1 Å². The molecule has 0 bridgehead atoms. The van der Waals surface area contributed by atoms with Crippen molar-refractivity contribution in [1.29, 1.82) is 0 Å². The summed E-state index contributed by atoms with van der Waals surface area (Å²) in [6.07, 6.45) is 4.34. The second-order valence-electron chi connectivity index (χ2n) is 3.79. The number of aliphatic hydroxyl groups excluding tert-OH is 1. The second kappa shape index (κ2) is 7.58. The first-order valence-electron chi connectivity index (χ1n) is 5.64. The van der Waals surface area contributed by atoms with Gasteiger partial charge in [0.2, 0.25) is 0 Å². The number of hydrogen-bond acceptors (Lipinski definition) is 2. The molecule has 0 spiro atoms. The van der Waals surface area contributed by atoms with Crippen LogP contribution in [0.15, 0.2) is 28.7 Å². The van der Waals surface area contributed by atoms with Gasteiger partial charge >= 0.3 is 0 Å². The quantitative estimate of drug-likeness (QED) is 0.614. The molecule has 0 aliphatic heterocycles. The maximum absolute atomic E-state index is 11.8. The van der Waals surface area contributed by atoms with E-state index < -0.39 is 0 Å². The molecule has 1 N–H and O–H groups in total. The summed E-state index contributed by atoms with van der Waals surface area (Å²) < 4.78 is 0.871. The van der Waals surface area contributed by atoms with Gasteiger partial charge in [0, 0.05) is 23.1 Å². The minimum atomic E-state index is 0.191. The predicted octanol–water partition coefficient (Wildman–Crippen LogP) is 3.57. The Morgan fingerprint density at radius 3 is 2.50 bits per heavy atom. The molecule has 2 nitrogen and oxygen atoms in total. The molecular weight excluding hydrogens is 268 g/mol. The van der Waals surface area contributed by atoms with E-state index in [2.05, 4.69) is 15.9 Å². The van der Waals surface area contributed by atoms with E-state index in [1.54, 1.807) is 0 Å². The number of aliphatic hydroxyl groups is 1. The molecular formula is C13H17BrO2. The van der Waals surface area contributed by atoms with E-state index in [1.807, 2.05) is 24.3 Å². The molecule has 0 saturated heterocycles. The van der Waals surface area contributed by atoms with Gasteiger partial charge in [0.1, 0.15) is 0 Å². The standard InChI is InChI=1S/C13H17BrO2/c14-12-8-5-4-7-11(12)13(16)9-3-1-2-6-10-15/h4-5,7-8,15H,1-3,6,9-10H2. The van der Waals surface area contributed by atoms with E-state index >= 15 is 0 Å². The number of benzene rings is 1. The molecule has 1 aromatic rings. The number of hydrogen-bond donors (Lipinski definition) is 1. The van der Waals surface area contributed by atoms with Crippen LogP contribution < -0.4 is 0 Å². The highest BCUT2D eigenvalue weighted by Gasteiger charge is 2.08. The van der Waals surface area contributed by atoms with Gasteiger partial charge in [0.05, 0.1) is 0 Å². The number of carbonyl (C=O) groups excluding carboxylic acids is 1. The maximum atomic E-state index is 11.8. The fourth-order valence-electron chi connectivity index (χ4n) is 1.57. The van der Waals surface area contributed by atoms with Gasteiger partial charge in [-0.25, -0.2) is 0 Å². The summed E-state index contributed by atoms with van der Waals surface area (Å²) in [4.78, 5) is 11.8. The Morgan fingerprint density at radius 2 is 1.81 bits per heavy atom. The average molecular weight is 285 g/mol. The fourth-order valence-corrected chi connectivity index (χ4v) is 2.08. The molecule has 0 aliphatic carbocycles. The number of carbonyl (C=O) groups is 1. The second-order valence-corrected chi connectivity index (χ2v) is 4.65. The molecule has 0 atom stereocenters. The van der Waals surface area contributed by atoms with Crippen LogP contribution in [0, 0.1) is 0 Å². The Hall–Kier alpha value is -0.670. The van der Waals surface area contributed by atoms with Crippen LogP contribution in [0.5, 0.6) is 0 Å². The normalized spacial score (nSPS) is 10.4. The van der Waals surface area contributed by atoms with E-state index in [0.717, 1.165) is 35.7 Å². The zero-order valence-electron chi connectivity index (χ0n) is 9.29. The van der Waals surface area contributed by atoms with Crippen molar-refractivity contribution in [2.75, 3.05) is 6.61 Å². The summed E-state index contributed by atoms with van der Waals surface area (Å²) in [5.41, 5.74) is 0.768. The van der Waals surface area contributed by atoms with Crippen molar-refractivity contribution in [1.82, 2.24) is 0 Å². The van der Waals surface area contributed by atoms with Gasteiger partial charge in [0.15, 0.2) is 5.78 Å². The highest BCUT2D eigenvalue weighted by Crippen LogP contribution is 2.18. The van der Waals surface area contributed by atoms with Crippen LogP contribution in [-0.4, -0.2) is 17.5 Å². The predicted molar refractivity (Wildman–Crippen MR) is 68.6 cm³/mol. The molecule has 0 radical (unpaired) electrons. The van der Waals surface area contributed by atoms with Crippen molar-refractivity contribution in [3.63, 3.8) is 0 Å². The third-order valence-corrected chi connectivity index (χ3v) is 3.18. The molecule has 0 unspecified atom stereocenters. The van der Waals surface area contributed by atoms with Crippen molar-refractivity contribution in [3.8, 4) is 0 Å². The zero-order chi connectivity index (χ0) is 11.8. The molecule has 0 saturated carbocycles.